The quantitative estimate of drug-likeness (QED) is 0.315. The van der Waals surface area contributed by atoms with Crippen molar-refractivity contribution in [2.75, 3.05) is 0 Å². The van der Waals surface area contributed by atoms with Gasteiger partial charge in [0.1, 0.15) is 17.3 Å². The average molecular weight is 537 g/mol. The Bertz CT molecular complexity index is 1500. The summed E-state index contributed by atoms with van der Waals surface area (Å²) >= 11 is 0. The third-order valence-corrected chi connectivity index (χ3v) is 7.16. The van der Waals surface area contributed by atoms with Crippen molar-refractivity contribution < 1.29 is 17.9 Å². The molecule has 0 unspecified atom stereocenters. The van der Waals surface area contributed by atoms with Gasteiger partial charge in [0.25, 0.3) is 5.56 Å². The monoisotopic (exact) mass is 536 g/mol. The van der Waals surface area contributed by atoms with Crippen molar-refractivity contribution >= 4 is 0 Å². The molecule has 0 atom stereocenters. The first-order chi connectivity index (χ1) is 18.8. The lowest BCUT2D eigenvalue weighted by Gasteiger charge is -2.30. The van der Waals surface area contributed by atoms with Gasteiger partial charge in [0, 0.05) is 35.9 Å². The molecule has 3 aromatic heterocycles. The predicted octanol–water partition coefficient (Wildman–Crippen LogP) is 5.34. The van der Waals surface area contributed by atoms with E-state index in [4.69, 9.17) is 0 Å². The van der Waals surface area contributed by atoms with Crippen molar-refractivity contribution in [3.63, 3.8) is 0 Å². The Balaban J connectivity index is 1.50. The van der Waals surface area contributed by atoms with E-state index >= 15 is 0 Å². The minimum absolute atomic E-state index is 0.0504. The third kappa shape index (κ3) is 5.81. The SMILES string of the molecule is Cc1ncc(-c2cc(C3CCC(c4c(C)cccc4F)CC3)c(=O)n(Cc3nccnc3OC(F)F)n2)cn1. The number of benzene rings is 1. The Labute approximate surface area is 223 Å². The van der Waals surface area contributed by atoms with Crippen LogP contribution in [0.3, 0.4) is 0 Å². The predicted molar refractivity (Wildman–Crippen MR) is 137 cm³/mol. The highest BCUT2D eigenvalue weighted by atomic mass is 19.3. The number of halogens is 3. The molecular weight excluding hydrogens is 509 g/mol. The van der Waals surface area contributed by atoms with Gasteiger partial charge in [0.05, 0.1) is 12.2 Å². The Morgan fingerprint density at radius 1 is 1.00 bits per heavy atom. The van der Waals surface area contributed by atoms with E-state index in [-0.39, 0.29) is 41.3 Å². The molecule has 0 radical (unpaired) electrons. The number of aromatic nitrogens is 6. The van der Waals surface area contributed by atoms with Crippen molar-refractivity contribution in [1.82, 2.24) is 29.7 Å². The van der Waals surface area contributed by atoms with E-state index in [2.05, 4.69) is 29.8 Å². The van der Waals surface area contributed by atoms with Crippen molar-refractivity contribution in [3.05, 3.63) is 93.4 Å². The summed E-state index contributed by atoms with van der Waals surface area (Å²) in [5.74, 6) is 0.0103. The molecule has 5 rings (SSSR count). The van der Waals surface area contributed by atoms with Crippen LogP contribution in [0.5, 0.6) is 5.88 Å². The molecule has 11 heteroatoms. The van der Waals surface area contributed by atoms with E-state index < -0.39 is 6.61 Å². The molecule has 0 N–H and O–H groups in total. The van der Waals surface area contributed by atoms with Gasteiger partial charge >= 0.3 is 6.61 Å². The average Bonchev–Trinajstić information content (AvgIpc) is 2.91. The minimum Gasteiger partial charge on any atom is -0.415 e. The fraction of sp³-hybridized carbons (Fsp3) is 0.357. The second-order valence-corrected chi connectivity index (χ2v) is 9.67. The highest BCUT2D eigenvalue weighted by molar-refractivity contribution is 5.57. The van der Waals surface area contributed by atoms with E-state index in [1.54, 1.807) is 31.5 Å². The van der Waals surface area contributed by atoms with Crippen LogP contribution in [0, 0.1) is 19.7 Å². The van der Waals surface area contributed by atoms with E-state index in [1.807, 2.05) is 13.0 Å². The lowest BCUT2D eigenvalue weighted by atomic mass is 9.75. The van der Waals surface area contributed by atoms with Gasteiger partial charge in [-0.2, -0.15) is 13.9 Å². The summed E-state index contributed by atoms with van der Waals surface area (Å²) in [6, 6.07) is 6.87. The molecule has 0 spiro atoms. The number of alkyl halides is 2. The van der Waals surface area contributed by atoms with E-state index in [1.165, 1.54) is 23.1 Å². The summed E-state index contributed by atoms with van der Waals surface area (Å²) in [5, 5.41) is 4.49. The third-order valence-electron chi connectivity index (χ3n) is 7.16. The number of rotatable bonds is 7. The number of hydrogen-bond donors (Lipinski definition) is 0. The highest BCUT2D eigenvalue weighted by Crippen LogP contribution is 2.41. The lowest BCUT2D eigenvalue weighted by Crippen LogP contribution is -2.30. The largest absolute Gasteiger partial charge is 0.415 e. The summed E-state index contributed by atoms with van der Waals surface area (Å²) in [4.78, 5) is 30.1. The standard InChI is InChI=1S/C28H27F3N6O2/c1-16-4-3-5-22(29)25(16)19-8-6-18(7-9-19)21-12-23(20-13-34-17(2)35-14-20)36-37(27(21)38)15-24-26(39-28(30)31)33-11-10-32-24/h3-5,10-14,18-19,28H,6-9,15H2,1-2H3. The van der Waals surface area contributed by atoms with Crippen LogP contribution in [0.2, 0.25) is 0 Å². The molecule has 8 nitrogen and oxygen atoms in total. The van der Waals surface area contributed by atoms with Crippen LogP contribution >= 0.6 is 0 Å². The van der Waals surface area contributed by atoms with Gasteiger partial charge in [-0.25, -0.2) is 24.0 Å². The first-order valence-corrected chi connectivity index (χ1v) is 12.7. The highest BCUT2D eigenvalue weighted by Gasteiger charge is 2.29. The van der Waals surface area contributed by atoms with Crippen LogP contribution < -0.4 is 10.3 Å². The van der Waals surface area contributed by atoms with Gasteiger partial charge in [-0.3, -0.25) is 9.78 Å². The summed E-state index contributed by atoms with van der Waals surface area (Å²) in [5.41, 5.74) is 2.99. The second kappa shape index (κ2) is 11.3. The number of hydrogen-bond acceptors (Lipinski definition) is 7. The summed E-state index contributed by atoms with van der Waals surface area (Å²) < 4.78 is 46.2. The Morgan fingerprint density at radius 2 is 1.69 bits per heavy atom. The van der Waals surface area contributed by atoms with Crippen LogP contribution in [-0.4, -0.2) is 36.3 Å². The number of ether oxygens (including phenoxy) is 1. The molecular formula is C28H27F3N6O2. The molecule has 0 aliphatic heterocycles. The van der Waals surface area contributed by atoms with Crippen LogP contribution in [0.15, 0.2) is 53.8 Å². The van der Waals surface area contributed by atoms with Crippen molar-refractivity contribution in [1.29, 1.82) is 0 Å². The maximum absolute atomic E-state index is 14.6. The molecule has 0 bridgehead atoms. The summed E-state index contributed by atoms with van der Waals surface area (Å²) in [6.45, 7) is 0.370. The topological polar surface area (TPSA) is 95.7 Å². The number of aryl methyl sites for hydroxylation is 2. The van der Waals surface area contributed by atoms with Crippen LogP contribution in [0.4, 0.5) is 13.2 Å². The summed E-state index contributed by atoms with van der Waals surface area (Å²) in [7, 11) is 0. The molecule has 3 heterocycles. The van der Waals surface area contributed by atoms with Crippen LogP contribution in [0.1, 0.15) is 65.7 Å². The van der Waals surface area contributed by atoms with E-state index in [0.29, 0.717) is 35.5 Å². The Hall–Kier alpha value is -4.15. The molecule has 1 aliphatic rings. The molecule has 4 aromatic rings. The van der Waals surface area contributed by atoms with E-state index in [9.17, 15) is 18.0 Å². The lowest BCUT2D eigenvalue weighted by molar-refractivity contribution is -0.0539. The second-order valence-electron chi connectivity index (χ2n) is 9.67. The van der Waals surface area contributed by atoms with Crippen LogP contribution in [0.25, 0.3) is 11.3 Å². The Kier molecular flexibility index (Phi) is 7.67. The number of nitrogens with zero attached hydrogens (tertiary/aromatic N) is 6. The molecule has 1 aliphatic carbocycles. The first-order valence-electron chi connectivity index (χ1n) is 12.7. The van der Waals surface area contributed by atoms with Gasteiger partial charge in [-0.15, -0.1) is 0 Å². The Morgan fingerprint density at radius 3 is 2.38 bits per heavy atom. The molecule has 1 saturated carbocycles. The molecule has 202 valence electrons. The van der Waals surface area contributed by atoms with Crippen molar-refractivity contribution in [3.8, 4) is 17.1 Å². The molecule has 1 aromatic carbocycles. The molecule has 39 heavy (non-hydrogen) atoms. The molecule has 0 saturated heterocycles. The minimum atomic E-state index is -3.09. The molecule has 0 amide bonds. The van der Waals surface area contributed by atoms with Gasteiger partial charge in [-0.1, -0.05) is 12.1 Å². The van der Waals surface area contributed by atoms with Gasteiger partial charge < -0.3 is 4.74 Å². The normalized spacial score (nSPS) is 17.4. The zero-order chi connectivity index (χ0) is 27.5. The fourth-order valence-electron chi connectivity index (χ4n) is 5.27. The fourth-order valence-corrected chi connectivity index (χ4v) is 5.27. The summed E-state index contributed by atoms with van der Waals surface area (Å²) in [6.07, 6.45) is 8.64. The maximum Gasteiger partial charge on any atom is 0.388 e. The molecule has 1 fully saturated rings. The maximum atomic E-state index is 14.6. The van der Waals surface area contributed by atoms with E-state index in [0.717, 1.165) is 24.0 Å². The van der Waals surface area contributed by atoms with Crippen molar-refractivity contribution in [2.45, 2.75) is 64.5 Å². The van der Waals surface area contributed by atoms with Gasteiger partial charge in [-0.05, 0) is 74.6 Å². The van der Waals surface area contributed by atoms with Gasteiger partial charge in [0.2, 0.25) is 5.88 Å². The van der Waals surface area contributed by atoms with Crippen LogP contribution in [-0.2, 0) is 6.54 Å². The zero-order valence-corrected chi connectivity index (χ0v) is 21.5. The first kappa shape index (κ1) is 26.5. The zero-order valence-electron chi connectivity index (χ0n) is 21.5. The smallest absolute Gasteiger partial charge is 0.388 e. The van der Waals surface area contributed by atoms with Crippen molar-refractivity contribution in [2.24, 2.45) is 0 Å². The van der Waals surface area contributed by atoms with Gasteiger partial charge in [0.15, 0.2) is 0 Å².